The minimum atomic E-state index is -0.442. The van der Waals surface area contributed by atoms with E-state index in [0.717, 1.165) is 21.4 Å². The number of benzene rings is 3. The van der Waals surface area contributed by atoms with Crippen LogP contribution in [0, 0.1) is 0 Å². The van der Waals surface area contributed by atoms with Crippen LogP contribution in [0.15, 0.2) is 66.7 Å². The average Bonchev–Trinajstić information content (AvgIpc) is 2.96. The molecule has 0 saturated heterocycles. The molecule has 4 rings (SSSR count). The van der Waals surface area contributed by atoms with Crippen molar-refractivity contribution in [3.05, 3.63) is 77.9 Å². The maximum Gasteiger partial charge on any atom is 0.262 e. The number of hydrogen-bond acceptors (Lipinski definition) is 4. The standard InChI is InChI=1S/C22H18N2O4/c25-20(14-24-21(26)17-9-3-4-10-18(17)22(24)27)23-12-13-28-19-11-5-7-15-6-1-2-8-16(15)19/h1-11H,12-14H2,(H,23,25). The van der Waals surface area contributed by atoms with Crippen molar-refractivity contribution in [2.45, 2.75) is 0 Å². The lowest BCUT2D eigenvalue weighted by Crippen LogP contribution is -2.41. The molecule has 28 heavy (non-hydrogen) atoms. The van der Waals surface area contributed by atoms with E-state index in [1.807, 2.05) is 42.5 Å². The fourth-order valence-electron chi connectivity index (χ4n) is 3.26. The number of ether oxygens (including phenoxy) is 1. The van der Waals surface area contributed by atoms with Gasteiger partial charge in [-0.2, -0.15) is 0 Å². The molecule has 3 amide bonds. The van der Waals surface area contributed by atoms with Crippen LogP contribution in [0.4, 0.5) is 0 Å². The normalized spacial score (nSPS) is 12.9. The van der Waals surface area contributed by atoms with Crippen LogP contribution >= 0.6 is 0 Å². The molecule has 140 valence electrons. The molecule has 0 fully saturated rings. The number of fused-ring (bicyclic) bond motifs is 2. The number of nitrogens with zero attached hydrogens (tertiary/aromatic N) is 1. The van der Waals surface area contributed by atoms with E-state index in [1.165, 1.54) is 0 Å². The molecular formula is C22H18N2O4. The minimum absolute atomic E-state index is 0.269. The summed E-state index contributed by atoms with van der Waals surface area (Å²) in [6.45, 7) is 0.244. The van der Waals surface area contributed by atoms with E-state index in [-0.39, 0.29) is 19.7 Å². The molecule has 0 bridgehead atoms. The van der Waals surface area contributed by atoms with Crippen LogP contribution in [0.3, 0.4) is 0 Å². The number of carbonyl (C=O) groups is 3. The number of rotatable bonds is 6. The molecule has 0 atom stereocenters. The van der Waals surface area contributed by atoms with Crippen molar-refractivity contribution in [3.63, 3.8) is 0 Å². The van der Waals surface area contributed by atoms with Crippen LogP contribution < -0.4 is 10.1 Å². The van der Waals surface area contributed by atoms with Crippen molar-refractivity contribution in [1.82, 2.24) is 10.2 Å². The van der Waals surface area contributed by atoms with E-state index >= 15 is 0 Å². The van der Waals surface area contributed by atoms with Gasteiger partial charge in [0.2, 0.25) is 5.91 Å². The number of carbonyl (C=O) groups excluding carboxylic acids is 3. The van der Waals surface area contributed by atoms with Gasteiger partial charge in [0.15, 0.2) is 0 Å². The van der Waals surface area contributed by atoms with Crippen LogP contribution in [0.5, 0.6) is 5.75 Å². The number of hydrogen-bond donors (Lipinski definition) is 1. The first-order chi connectivity index (χ1) is 13.6. The Kier molecular flexibility index (Phi) is 4.76. The molecule has 6 nitrogen and oxygen atoms in total. The van der Waals surface area contributed by atoms with E-state index in [4.69, 9.17) is 4.74 Å². The second-order valence-corrected chi connectivity index (χ2v) is 6.42. The Labute approximate surface area is 161 Å². The van der Waals surface area contributed by atoms with Gasteiger partial charge in [-0.15, -0.1) is 0 Å². The topological polar surface area (TPSA) is 75.7 Å². The van der Waals surface area contributed by atoms with Crippen molar-refractivity contribution >= 4 is 28.5 Å². The molecule has 1 heterocycles. The summed E-state index contributed by atoms with van der Waals surface area (Å²) in [5.74, 6) is -0.547. The lowest BCUT2D eigenvalue weighted by Gasteiger charge is -2.14. The van der Waals surface area contributed by atoms with Gasteiger partial charge in [-0.05, 0) is 23.6 Å². The Hall–Kier alpha value is -3.67. The first-order valence-electron chi connectivity index (χ1n) is 8.97. The van der Waals surface area contributed by atoms with Gasteiger partial charge in [0, 0.05) is 5.39 Å². The zero-order chi connectivity index (χ0) is 19.5. The first kappa shape index (κ1) is 17.7. The molecule has 0 radical (unpaired) electrons. The summed E-state index contributed by atoms with van der Waals surface area (Å²) < 4.78 is 5.77. The lowest BCUT2D eigenvalue weighted by molar-refractivity contribution is -0.121. The zero-order valence-electron chi connectivity index (χ0n) is 15.1. The zero-order valence-corrected chi connectivity index (χ0v) is 15.1. The highest BCUT2D eigenvalue weighted by molar-refractivity contribution is 6.22. The molecular weight excluding hydrogens is 356 g/mol. The Bertz CT molecular complexity index is 1040. The second kappa shape index (κ2) is 7.52. The van der Waals surface area contributed by atoms with E-state index < -0.39 is 17.7 Å². The predicted octanol–water partition coefficient (Wildman–Crippen LogP) is 2.63. The first-order valence-corrected chi connectivity index (χ1v) is 8.97. The van der Waals surface area contributed by atoms with Gasteiger partial charge in [0.05, 0.1) is 17.7 Å². The molecule has 1 aliphatic heterocycles. The largest absolute Gasteiger partial charge is 0.491 e. The van der Waals surface area contributed by atoms with Crippen molar-refractivity contribution < 1.29 is 19.1 Å². The average molecular weight is 374 g/mol. The fraction of sp³-hybridized carbons (Fsp3) is 0.136. The van der Waals surface area contributed by atoms with E-state index in [1.54, 1.807) is 24.3 Å². The lowest BCUT2D eigenvalue weighted by atomic mass is 10.1. The third-order valence-corrected chi connectivity index (χ3v) is 4.61. The van der Waals surface area contributed by atoms with Crippen molar-refractivity contribution in [2.75, 3.05) is 19.7 Å². The number of nitrogens with one attached hydrogen (secondary N) is 1. The molecule has 3 aromatic rings. The van der Waals surface area contributed by atoms with Gasteiger partial charge < -0.3 is 10.1 Å². The third-order valence-electron chi connectivity index (χ3n) is 4.61. The highest BCUT2D eigenvalue weighted by atomic mass is 16.5. The Morgan fingerprint density at radius 1 is 0.857 bits per heavy atom. The summed E-state index contributed by atoms with van der Waals surface area (Å²) in [5.41, 5.74) is 0.666. The molecule has 0 unspecified atom stereocenters. The molecule has 0 spiro atoms. The second-order valence-electron chi connectivity index (χ2n) is 6.42. The molecule has 6 heteroatoms. The van der Waals surface area contributed by atoms with Crippen LogP contribution in [-0.2, 0) is 4.79 Å². The van der Waals surface area contributed by atoms with Gasteiger partial charge in [-0.1, -0.05) is 48.5 Å². The Balaban J connectivity index is 1.30. The summed E-state index contributed by atoms with van der Waals surface area (Å²) in [7, 11) is 0. The highest BCUT2D eigenvalue weighted by Gasteiger charge is 2.36. The smallest absolute Gasteiger partial charge is 0.262 e. The minimum Gasteiger partial charge on any atom is -0.491 e. The van der Waals surface area contributed by atoms with Gasteiger partial charge in [-0.25, -0.2) is 0 Å². The SMILES string of the molecule is O=C(CN1C(=O)c2ccccc2C1=O)NCCOc1cccc2ccccc12. The maximum atomic E-state index is 12.3. The molecule has 0 saturated carbocycles. The summed E-state index contributed by atoms with van der Waals surface area (Å²) in [6.07, 6.45) is 0. The van der Waals surface area contributed by atoms with Gasteiger partial charge in [0.1, 0.15) is 18.9 Å². The molecule has 0 aliphatic carbocycles. The van der Waals surface area contributed by atoms with Gasteiger partial charge in [-0.3, -0.25) is 19.3 Å². The number of amides is 3. The van der Waals surface area contributed by atoms with E-state index in [9.17, 15) is 14.4 Å². The van der Waals surface area contributed by atoms with Gasteiger partial charge >= 0.3 is 0 Å². The summed E-state index contributed by atoms with van der Waals surface area (Å²) in [6, 6.07) is 20.3. The summed E-state index contributed by atoms with van der Waals surface area (Å²) >= 11 is 0. The fourth-order valence-corrected chi connectivity index (χ4v) is 3.26. The van der Waals surface area contributed by atoms with Crippen molar-refractivity contribution in [2.24, 2.45) is 0 Å². The van der Waals surface area contributed by atoms with Crippen LogP contribution in [-0.4, -0.2) is 42.3 Å². The third kappa shape index (κ3) is 3.32. The summed E-state index contributed by atoms with van der Waals surface area (Å²) in [4.78, 5) is 37.7. The van der Waals surface area contributed by atoms with E-state index in [0.29, 0.717) is 11.1 Å². The van der Waals surface area contributed by atoms with Gasteiger partial charge in [0.25, 0.3) is 11.8 Å². The Morgan fingerprint density at radius 3 is 2.25 bits per heavy atom. The van der Waals surface area contributed by atoms with Crippen LogP contribution in [0.2, 0.25) is 0 Å². The highest BCUT2D eigenvalue weighted by Crippen LogP contribution is 2.25. The van der Waals surface area contributed by atoms with Crippen molar-refractivity contribution in [1.29, 1.82) is 0 Å². The maximum absolute atomic E-state index is 12.3. The van der Waals surface area contributed by atoms with Crippen LogP contribution in [0.25, 0.3) is 10.8 Å². The Morgan fingerprint density at radius 2 is 1.50 bits per heavy atom. The van der Waals surface area contributed by atoms with Crippen molar-refractivity contribution in [3.8, 4) is 5.75 Å². The van der Waals surface area contributed by atoms with E-state index in [2.05, 4.69) is 5.32 Å². The summed E-state index contributed by atoms with van der Waals surface area (Å²) in [5, 5.41) is 4.77. The molecule has 3 aromatic carbocycles. The monoisotopic (exact) mass is 374 g/mol. The predicted molar refractivity (Wildman–Crippen MR) is 104 cm³/mol. The number of imide groups is 1. The molecule has 0 aromatic heterocycles. The molecule has 1 aliphatic rings. The van der Waals surface area contributed by atoms with Crippen LogP contribution in [0.1, 0.15) is 20.7 Å². The quantitative estimate of drug-likeness (QED) is 0.532. The molecule has 1 N–H and O–H groups in total.